The van der Waals surface area contributed by atoms with Gasteiger partial charge >= 0.3 is 5.97 Å². The third-order valence-electron chi connectivity index (χ3n) is 3.41. The van der Waals surface area contributed by atoms with Gasteiger partial charge in [0, 0.05) is 12.7 Å². The van der Waals surface area contributed by atoms with Crippen molar-refractivity contribution in [2.24, 2.45) is 0 Å². The number of halogens is 1. The summed E-state index contributed by atoms with van der Waals surface area (Å²) in [5.41, 5.74) is -0.356. The lowest BCUT2D eigenvalue weighted by atomic mass is 9.90. The van der Waals surface area contributed by atoms with Crippen LogP contribution < -0.4 is 0 Å². The molecule has 0 N–H and O–H groups in total. The van der Waals surface area contributed by atoms with Gasteiger partial charge < -0.3 is 9.47 Å². The number of fused-ring (bicyclic) bond motifs is 1. The topological polar surface area (TPSA) is 35.5 Å². The van der Waals surface area contributed by atoms with Crippen LogP contribution in [0.4, 0.5) is 0 Å². The van der Waals surface area contributed by atoms with Gasteiger partial charge in [-0.2, -0.15) is 0 Å². The van der Waals surface area contributed by atoms with E-state index in [1.54, 1.807) is 6.92 Å². The van der Waals surface area contributed by atoms with Gasteiger partial charge in [-0.1, -0.05) is 42.5 Å². The highest BCUT2D eigenvalue weighted by molar-refractivity contribution is 6.18. The summed E-state index contributed by atoms with van der Waals surface area (Å²) in [6.07, 6.45) is 0. The van der Waals surface area contributed by atoms with Gasteiger partial charge in [-0.25, -0.2) is 4.79 Å². The predicted molar refractivity (Wildman–Crippen MR) is 80.0 cm³/mol. The van der Waals surface area contributed by atoms with Crippen molar-refractivity contribution in [1.82, 2.24) is 0 Å². The second-order valence-electron chi connectivity index (χ2n) is 4.59. The predicted octanol–water partition coefficient (Wildman–Crippen LogP) is 3.48. The molecule has 0 aromatic heterocycles. The second-order valence-corrected chi connectivity index (χ2v) is 4.97. The summed E-state index contributed by atoms with van der Waals surface area (Å²) in [5, 5.41) is 2.03. The zero-order valence-corrected chi connectivity index (χ0v) is 12.3. The van der Waals surface area contributed by atoms with Crippen LogP contribution in [0.5, 0.6) is 0 Å². The molecule has 0 radical (unpaired) electrons. The number of esters is 1. The van der Waals surface area contributed by atoms with E-state index in [2.05, 4.69) is 0 Å². The molecule has 20 heavy (non-hydrogen) atoms. The fourth-order valence-corrected chi connectivity index (χ4v) is 2.29. The molecule has 2 aromatic carbocycles. The number of carbonyl (C=O) groups excluding carboxylic acids is 1. The Morgan fingerprint density at radius 1 is 1.20 bits per heavy atom. The van der Waals surface area contributed by atoms with Crippen molar-refractivity contribution in [1.29, 1.82) is 0 Å². The van der Waals surface area contributed by atoms with Gasteiger partial charge in [-0.3, -0.25) is 0 Å². The molecule has 0 aliphatic carbocycles. The van der Waals surface area contributed by atoms with E-state index in [4.69, 9.17) is 21.1 Å². The summed E-state index contributed by atoms with van der Waals surface area (Å²) < 4.78 is 10.6. The molecule has 0 fully saturated rings. The molecule has 4 heteroatoms. The van der Waals surface area contributed by atoms with Gasteiger partial charge in [-0.05, 0) is 17.7 Å². The molecule has 0 aliphatic heterocycles. The fourth-order valence-electron chi connectivity index (χ4n) is 2.21. The third kappa shape index (κ3) is 2.65. The largest absolute Gasteiger partial charge is 0.462 e. The number of methoxy groups -OCH3 is 1. The molecule has 0 amide bonds. The van der Waals surface area contributed by atoms with Gasteiger partial charge in [0.1, 0.15) is 6.61 Å². The number of alkyl halides is 1. The first-order valence-electron chi connectivity index (χ1n) is 6.40. The van der Waals surface area contributed by atoms with E-state index in [1.165, 1.54) is 7.11 Å². The summed E-state index contributed by atoms with van der Waals surface area (Å²) in [4.78, 5) is 12.3. The van der Waals surface area contributed by atoms with Crippen molar-refractivity contribution < 1.29 is 14.3 Å². The van der Waals surface area contributed by atoms with E-state index in [9.17, 15) is 4.79 Å². The maximum absolute atomic E-state index is 12.3. The minimum Gasteiger partial charge on any atom is -0.462 e. The van der Waals surface area contributed by atoms with Crippen LogP contribution in [0.15, 0.2) is 42.5 Å². The molecule has 0 unspecified atom stereocenters. The first-order chi connectivity index (χ1) is 9.63. The zero-order valence-electron chi connectivity index (χ0n) is 11.6. The van der Waals surface area contributed by atoms with Gasteiger partial charge in [-0.15, -0.1) is 11.6 Å². The monoisotopic (exact) mass is 292 g/mol. The van der Waals surface area contributed by atoms with Crippen molar-refractivity contribution in [3.05, 3.63) is 48.0 Å². The average molecular weight is 293 g/mol. The first kappa shape index (κ1) is 14.8. The van der Waals surface area contributed by atoms with Crippen LogP contribution in [0.3, 0.4) is 0 Å². The standard InChI is InChI=1S/C16H17ClO3/c1-16(19-2,15(18)20-11-10-17)14-9-5-7-12-6-3-4-8-13(12)14/h3-9H,10-11H2,1-2H3/t16-/m1/s1. The van der Waals surface area contributed by atoms with Crippen molar-refractivity contribution in [2.45, 2.75) is 12.5 Å². The molecule has 0 saturated carbocycles. The minimum atomic E-state index is -1.15. The van der Waals surface area contributed by atoms with Crippen molar-refractivity contribution in [3.8, 4) is 0 Å². The lowest BCUT2D eigenvalue weighted by Crippen LogP contribution is -2.36. The molecule has 0 saturated heterocycles. The number of ether oxygens (including phenoxy) is 2. The van der Waals surface area contributed by atoms with E-state index in [1.807, 2.05) is 42.5 Å². The van der Waals surface area contributed by atoms with Crippen LogP contribution >= 0.6 is 11.6 Å². The van der Waals surface area contributed by atoms with Gasteiger partial charge in [0.25, 0.3) is 0 Å². The van der Waals surface area contributed by atoms with Crippen molar-refractivity contribution in [2.75, 3.05) is 19.6 Å². The lowest BCUT2D eigenvalue weighted by Gasteiger charge is -2.27. The van der Waals surface area contributed by atoms with E-state index < -0.39 is 11.6 Å². The molecular weight excluding hydrogens is 276 g/mol. The Balaban J connectivity index is 2.51. The smallest absolute Gasteiger partial charge is 0.342 e. The highest BCUT2D eigenvalue weighted by atomic mass is 35.5. The van der Waals surface area contributed by atoms with E-state index in [0.717, 1.165) is 16.3 Å². The highest BCUT2D eigenvalue weighted by Gasteiger charge is 2.38. The Morgan fingerprint density at radius 2 is 1.90 bits per heavy atom. The van der Waals surface area contributed by atoms with Crippen LogP contribution in [-0.4, -0.2) is 25.6 Å². The Bertz CT molecular complexity index is 606. The number of rotatable bonds is 5. The molecule has 0 aliphatic rings. The summed E-state index contributed by atoms with van der Waals surface area (Å²) in [5.74, 6) is -0.168. The second kappa shape index (κ2) is 6.25. The summed E-state index contributed by atoms with van der Waals surface area (Å²) in [6, 6.07) is 13.7. The zero-order chi connectivity index (χ0) is 14.6. The molecule has 1 atom stereocenters. The van der Waals surface area contributed by atoms with Crippen LogP contribution in [0, 0.1) is 0 Å². The number of hydrogen-bond donors (Lipinski definition) is 0. The van der Waals surface area contributed by atoms with Crippen LogP contribution in [0.25, 0.3) is 10.8 Å². The molecule has 106 valence electrons. The maximum atomic E-state index is 12.3. The number of benzene rings is 2. The number of hydrogen-bond acceptors (Lipinski definition) is 3. The molecule has 0 bridgehead atoms. The van der Waals surface area contributed by atoms with Gasteiger partial charge in [0.15, 0.2) is 5.60 Å². The highest BCUT2D eigenvalue weighted by Crippen LogP contribution is 2.32. The normalized spacial score (nSPS) is 13.9. The van der Waals surface area contributed by atoms with Crippen LogP contribution in [0.2, 0.25) is 0 Å². The maximum Gasteiger partial charge on any atom is 0.342 e. The quantitative estimate of drug-likeness (QED) is 0.625. The fraction of sp³-hybridized carbons (Fsp3) is 0.312. The lowest BCUT2D eigenvalue weighted by molar-refractivity contribution is -0.167. The first-order valence-corrected chi connectivity index (χ1v) is 6.93. The molecule has 2 aromatic rings. The molecule has 0 spiro atoms. The summed E-state index contributed by atoms with van der Waals surface area (Å²) in [7, 11) is 1.50. The van der Waals surface area contributed by atoms with Crippen molar-refractivity contribution in [3.63, 3.8) is 0 Å². The van der Waals surface area contributed by atoms with E-state index in [0.29, 0.717) is 0 Å². The van der Waals surface area contributed by atoms with E-state index in [-0.39, 0.29) is 12.5 Å². The SMILES string of the molecule is CO[C@@](C)(C(=O)OCCCl)c1cccc2ccccc12. The Kier molecular flexibility index (Phi) is 4.63. The molecule has 0 heterocycles. The Labute approximate surface area is 123 Å². The van der Waals surface area contributed by atoms with Gasteiger partial charge in [0.2, 0.25) is 0 Å². The minimum absolute atomic E-state index is 0.171. The number of carbonyl (C=O) groups is 1. The molecule has 2 rings (SSSR count). The van der Waals surface area contributed by atoms with Gasteiger partial charge in [0.05, 0.1) is 5.88 Å². The van der Waals surface area contributed by atoms with Crippen LogP contribution in [-0.2, 0) is 19.9 Å². The third-order valence-corrected chi connectivity index (χ3v) is 3.57. The molecular formula is C16H17ClO3. The van der Waals surface area contributed by atoms with E-state index >= 15 is 0 Å². The van der Waals surface area contributed by atoms with Crippen molar-refractivity contribution >= 4 is 28.3 Å². The molecule has 3 nitrogen and oxygen atoms in total. The summed E-state index contributed by atoms with van der Waals surface area (Å²) >= 11 is 5.56. The van der Waals surface area contributed by atoms with Crippen LogP contribution in [0.1, 0.15) is 12.5 Å². The average Bonchev–Trinajstić information content (AvgIpc) is 2.51. The Morgan fingerprint density at radius 3 is 2.60 bits per heavy atom. The Hall–Kier alpha value is -1.58. The summed E-state index contributed by atoms with van der Waals surface area (Å²) in [6.45, 7) is 1.88.